The monoisotopic (exact) mass is 406 g/mol. The van der Waals surface area contributed by atoms with Crippen LogP contribution in [0.15, 0.2) is 40.9 Å². The van der Waals surface area contributed by atoms with Gasteiger partial charge in [0.2, 0.25) is 5.16 Å². The van der Waals surface area contributed by atoms with Crippen molar-refractivity contribution in [3.05, 3.63) is 46.2 Å². The number of rotatable bonds is 11. The van der Waals surface area contributed by atoms with Crippen molar-refractivity contribution in [2.24, 2.45) is 7.05 Å². The summed E-state index contributed by atoms with van der Waals surface area (Å²) in [6.07, 6.45) is 1.09. The van der Waals surface area contributed by atoms with Crippen LogP contribution in [0.1, 0.15) is 16.9 Å². The number of thioether (sulfide) groups is 1. The average Bonchev–Trinajstić information content (AvgIpc) is 3.35. The molecule has 0 saturated heterocycles. The fraction of sp³-hybridized carbons (Fsp3) is 0.389. The number of nitrogens with zero attached hydrogens (tertiary/aromatic N) is 4. The van der Waals surface area contributed by atoms with Crippen molar-refractivity contribution < 1.29 is 14.8 Å². The predicted octanol–water partition coefficient (Wildman–Crippen LogP) is 2.10. The summed E-state index contributed by atoms with van der Waals surface area (Å²) in [5, 5.41) is 16.7. The molecule has 0 amide bonds. The second-order valence-electron chi connectivity index (χ2n) is 5.92. The zero-order valence-corrected chi connectivity index (χ0v) is 17.1. The minimum absolute atomic E-state index is 0.568. The summed E-state index contributed by atoms with van der Waals surface area (Å²) in [4.78, 5) is 1.20. The van der Waals surface area contributed by atoms with E-state index in [2.05, 4.69) is 44.4 Å². The minimum atomic E-state index is 0.568. The molecular weight excluding hydrogens is 382 g/mol. The van der Waals surface area contributed by atoms with Crippen molar-refractivity contribution in [3.8, 4) is 11.5 Å². The number of benzene rings is 1. The molecule has 9 heteroatoms. The highest BCUT2D eigenvalue weighted by Gasteiger charge is 2.08. The van der Waals surface area contributed by atoms with Gasteiger partial charge in [-0.15, -0.1) is 16.4 Å². The molecule has 0 spiro atoms. The van der Waals surface area contributed by atoms with Crippen LogP contribution in [0, 0.1) is 0 Å². The van der Waals surface area contributed by atoms with Gasteiger partial charge in [0.15, 0.2) is 11.5 Å². The summed E-state index contributed by atoms with van der Waals surface area (Å²) in [5.41, 5.74) is 1.22. The molecular formula is C18H24N5O2S2+. The van der Waals surface area contributed by atoms with E-state index in [0.717, 1.165) is 41.9 Å². The minimum Gasteiger partial charge on any atom is -0.493 e. The van der Waals surface area contributed by atoms with Crippen LogP contribution in [0.3, 0.4) is 0 Å². The highest BCUT2D eigenvalue weighted by molar-refractivity contribution is 7.99. The number of hydrogen-bond acceptors (Lipinski definition) is 7. The summed E-state index contributed by atoms with van der Waals surface area (Å²) in [6.45, 7) is 2.53. The van der Waals surface area contributed by atoms with Crippen LogP contribution in [0.5, 0.6) is 11.5 Å². The maximum atomic E-state index is 5.88. The van der Waals surface area contributed by atoms with Crippen molar-refractivity contribution in [1.82, 2.24) is 20.2 Å². The quantitative estimate of drug-likeness (QED) is 0.388. The lowest BCUT2D eigenvalue weighted by molar-refractivity contribution is -0.670. The Morgan fingerprint density at radius 3 is 2.93 bits per heavy atom. The van der Waals surface area contributed by atoms with Gasteiger partial charge >= 0.3 is 0 Å². The molecule has 3 aromatic rings. The highest BCUT2D eigenvalue weighted by atomic mass is 32.2. The summed E-state index contributed by atoms with van der Waals surface area (Å²) in [6, 6.07) is 10.2. The third kappa shape index (κ3) is 5.95. The van der Waals surface area contributed by atoms with E-state index in [0.29, 0.717) is 6.61 Å². The second kappa shape index (κ2) is 10.3. The lowest BCUT2D eigenvalue weighted by atomic mass is 10.2. The fourth-order valence-electron chi connectivity index (χ4n) is 2.51. The Balaban J connectivity index is 1.40. The smallest absolute Gasteiger partial charge is 0.209 e. The van der Waals surface area contributed by atoms with Crippen molar-refractivity contribution >= 4 is 23.1 Å². The van der Waals surface area contributed by atoms with E-state index in [-0.39, 0.29) is 0 Å². The molecule has 0 radical (unpaired) electrons. The molecule has 0 fully saturated rings. The molecule has 0 aliphatic heterocycles. The van der Waals surface area contributed by atoms with E-state index < -0.39 is 0 Å². The molecule has 0 bridgehead atoms. The molecule has 0 saturated carbocycles. The third-order valence-corrected chi connectivity index (χ3v) is 5.87. The number of methoxy groups -OCH3 is 1. The Bertz CT molecular complexity index is 823. The van der Waals surface area contributed by atoms with Gasteiger partial charge in [-0.25, -0.2) is 4.68 Å². The molecule has 0 aliphatic rings. The van der Waals surface area contributed by atoms with E-state index >= 15 is 0 Å². The van der Waals surface area contributed by atoms with Crippen LogP contribution in [0.4, 0.5) is 0 Å². The maximum absolute atomic E-state index is 5.88. The van der Waals surface area contributed by atoms with E-state index in [9.17, 15) is 0 Å². The largest absolute Gasteiger partial charge is 0.493 e. The van der Waals surface area contributed by atoms with Gasteiger partial charge in [-0.1, -0.05) is 17.8 Å². The Morgan fingerprint density at radius 2 is 2.19 bits per heavy atom. The van der Waals surface area contributed by atoms with Gasteiger partial charge in [0.1, 0.15) is 13.2 Å². The van der Waals surface area contributed by atoms with Gasteiger partial charge in [-0.2, -0.15) is 0 Å². The van der Waals surface area contributed by atoms with Crippen molar-refractivity contribution in [2.75, 3.05) is 19.4 Å². The maximum Gasteiger partial charge on any atom is 0.209 e. The molecule has 144 valence electrons. The number of ether oxygens (including phenoxy) is 2. The zero-order valence-electron chi connectivity index (χ0n) is 15.5. The van der Waals surface area contributed by atoms with Crippen LogP contribution in [0.25, 0.3) is 0 Å². The lowest BCUT2D eigenvalue weighted by Gasteiger charge is -2.11. The Morgan fingerprint density at radius 1 is 1.26 bits per heavy atom. The van der Waals surface area contributed by atoms with Gasteiger partial charge < -0.3 is 14.8 Å². The summed E-state index contributed by atoms with van der Waals surface area (Å²) >= 11 is 3.37. The van der Waals surface area contributed by atoms with Gasteiger partial charge in [-0.3, -0.25) is 0 Å². The van der Waals surface area contributed by atoms with Gasteiger partial charge in [0.25, 0.3) is 0 Å². The van der Waals surface area contributed by atoms with Gasteiger partial charge in [0.05, 0.1) is 13.7 Å². The summed E-state index contributed by atoms with van der Waals surface area (Å²) in [5.74, 6) is 2.56. The molecule has 2 heterocycles. The van der Waals surface area contributed by atoms with E-state index in [1.54, 1.807) is 34.9 Å². The lowest BCUT2D eigenvalue weighted by Crippen LogP contribution is -2.82. The first kappa shape index (κ1) is 19.7. The molecule has 2 N–H and O–H groups in total. The number of quaternary nitrogens is 1. The number of aromatic nitrogens is 4. The number of aryl methyl sites for hydroxylation is 1. The van der Waals surface area contributed by atoms with Crippen LogP contribution in [0.2, 0.25) is 0 Å². The van der Waals surface area contributed by atoms with E-state index in [4.69, 9.17) is 9.47 Å². The van der Waals surface area contributed by atoms with Gasteiger partial charge in [-0.05, 0) is 40.1 Å². The number of hydrogen-bond donors (Lipinski definition) is 1. The molecule has 1 aromatic carbocycles. The average molecular weight is 407 g/mol. The normalized spacial score (nSPS) is 10.9. The Labute approximate surface area is 167 Å². The SMILES string of the molecule is COc1cc(C[NH2+]CCCSc2nnnn2C)ccc1OCc1cccs1. The van der Waals surface area contributed by atoms with E-state index in [1.165, 1.54) is 10.4 Å². The van der Waals surface area contributed by atoms with Crippen LogP contribution < -0.4 is 14.8 Å². The third-order valence-electron chi connectivity index (χ3n) is 3.92. The van der Waals surface area contributed by atoms with Crippen molar-refractivity contribution in [1.29, 1.82) is 0 Å². The second-order valence-corrected chi connectivity index (χ2v) is 8.02. The molecule has 3 rings (SSSR count). The topological polar surface area (TPSA) is 78.7 Å². The standard InChI is InChI=1S/C18H23N5O2S2/c1-23-18(20-21-22-23)27-10-4-8-19-12-14-6-7-16(17(11-14)24-2)25-13-15-5-3-9-26-15/h3,5-7,9,11,19H,4,8,10,12-13H2,1-2H3/p+1. The molecule has 2 aromatic heterocycles. The summed E-state index contributed by atoms with van der Waals surface area (Å²) in [7, 11) is 3.54. The van der Waals surface area contributed by atoms with Crippen LogP contribution in [-0.4, -0.2) is 39.6 Å². The first-order valence-corrected chi connectivity index (χ1v) is 10.6. The Kier molecular flexibility index (Phi) is 7.49. The first-order chi connectivity index (χ1) is 13.3. The van der Waals surface area contributed by atoms with Crippen molar-refractivity contribution in [2.45, 2.75) is 24.7 Å². The first-order valence-electron chi connectivity index (χ1n) is 8.75. The number of nitrogens with two attached hydrogens (primary N) is 1. The fourth-order valence-corrected chi connectivity index (χ4v) is 3.93. The van der Waals surface area contributed by atoms with Crippen LogP contribution >= 0.6 is 23.1 Å². The van der Waals surface area contributed by atoms with E-state index in [1.807, 2.05) is 19.2 Å². The zero-order chi connectivity index (χ0) is 18.9. The number of thiophene rings is 1. The summed E-state index contributed by atoms with van der Waals surface area (Å²) < 4.78 is 13.1. The highest BCUT2D eigenvalue weighted by Crippen LogP contribution is 2.29. The van der Waals surface area contributed by atoms with Crippen LogP contribution in [-0.2, 0) is 20.2 Å². The predicted molar refractivity (Wildman–Crippen MR) is 106 cm³/mol. The van der Waals surface area contributed by atoms with Gasteiger partial charge in [0, 0.05) is 29.7 Å². The molecule has 0 aliphatic carbocycles. The molecule has 7 nitrogen and oxygen atoms in total. The molecule has 0 atom stereocenters. The number of tetrazole rings is 1. The molecule has 27 heavy (non-hydrogen) atoms. The Hall–Kier alpha value is -2.10. The van der Waals surface area contributed by atoms with Crippen molar-refractivity contribution in [3.63, 3.8) is 0 Å². The molecule has 0 unspecified atom stereocenters.